The number of nitrogens with zero attached hydrogens (tertiary/aromatic N) is 2. The van der Waals surface area contributed by atoms with Gasteiger partial charge in [0.25, 0.3) is 5.91 Å². The lowest BCUT2D eigenvalue weighted by molar-refractivity contribution is 0.102. The summed E-state index contributed by atoms with van der Waals surface area (Å²) in [6.45, 7) is 5.86. The van der Waals surface area contributed by atoms with Crippen molar-refractivity contribution in [2.75, 3.05) is 10.6 Å². The molecule has 3 aromatic rings. The summed E-state index contributed by atoms with van der Waals surface area (Å²) in [6.07, 6.45) is 2.96. The number of benzene rings is 2. The SMILES string of the molecule is Cc1ccc(C)c(NC(=O)c2cnc(Nc3ccc(C)c(Cl)c3)cn2)c1. The van der Waals surface area contributed by atoms with Crippen molar-refractivity contribution in [1.82, 2.24) is 9.97 Å². The summed E-state index contributed by atoms with van der Waals surface area (Å²) in [5, 5.41) is 6.66. The molecule has 0 aliphatic rings. The quantitative estimate of drug-likeness (QED) is 0.678. The van der Waals surface area contributed by atoms with Gasteiger partial charge in [0.05, 0.1) is 12.4 Å². The van der Waals surface area contributed by atoms with Crippen LogP contribution in [0.25, 0.3) is 0 Å². The van der Waals surface area contributed by atoms with Gasteiger partial charge in [0, 0.05) is 16.4 Å². The molecule has 132 valence electrons. The zero-order chi connectivity index (χ0) is 18.7. The lowest BCUT2D eigenvalue weighted by atomic mass is 10.1. The summed E-state index contributed by atoms with van der Waals surface area (Å²) in [5.41, 5.74) is 4.90. The van der Waals surface area contributed by atoms with Crippen molar-refractivity contribution in [1.29, 1.82) is 0 Å². The molecule has 1 aromatic heterocycles. The van der Waals surface area contributed by atoms with Crippen LogP contribution in [0.3, 0.4) is 0 Å². The lowest BCUT2D eigenvalue weighted by Crippen LogP contribution is -2.15. The molecule has 0 radical (unpaired) electrons. The third-order valence-electron chi connectivity index (χ3n) is 3.97. The third-order valence-corrected chi connectivity index (χ3v) is 4.38. The van der Waals surface area contributed by atoms with Gasteiger partial charge in [-0.1, -0.05) is 29.8 Å². The van der Waals surface area contributed by atoms with Gasteiger partial charge in [-0.2, -0.15) is 0 Å². The van der Waals surface area contributed by atoms with Crippen LogP contribution >= 0.6 is 11.6 Å². The van der Waals surface area contributed by atoms with Gasteiger partial charge in [-0.15, -0.1) is 0 Å². The molecule has 0 saturated carbocycles. The zero-order valence-electron chi connectivity index (χ0n) is 14.8. The van der Waals surface area contributed by atoms with Crippen LogP contribution in [0.4, 0.5) is 17.2 Å². The number of aryl methyl sites for hydroxylation is 3. The van der Waals surface area contributed by atoms with Crippen molar-refractivity contribution in [2.24, 2.45) is 0 Å². The maximum absolute atomic E-state index is 12.4. The summed E-state index contributed by atoms with van der Waals surface area (Å²) in [7, 11) is 0. The largest absolute Gasteiger partial charge is 0.339 e. The van der Waals surface area contributed by atoms with Crippen LogP contribution in [-0.2, 0) is 0 Å². The predicted octanol–water partition coefficient (Wildman–Crippen LogP) is 5.05. The van der Waals surface area contributed by atoms with Crippen molar-refractivity contribution in [3.05, 3.63) is 76.2 Å². The Labute approximate surface area is 157 Å². The maximum atomic E-state index is 12.4. The van der Waals surface area contributed by atoms with Gasteiger partial charge >= 0.3 is 0 Å². The van der Waals surface area contributed by atoms with E-state index in [1.54, 1.807) is 0 Å². The minimum Gasteiger partial charge on any atom is -0.339 e. The number of hydrogen-bond acceptors (Lipinski definition) is 4. The molecule has 2 N–H and O–H groups in total. The van der Waals surface area contributed by atoms with Crippen LogP contribution in [0.2, 0.25) is 5.02 Å². The highest BCUT2D eigenvalue weighted by atomic mass is 35.5. The fourth-order valence-corrected chi connectivity index (χ4v) is 2.57. The molecule has 2 aromatic carbocycles. The number of nitrogens with one attached hydrogen (secondary N) is 2. The number of carbonyl (C=O) groups is 1. The predicted molar refractivity (Wildman–Crippen MR) is 105 cm³/mol. The van der Waals surface area contributed by atoms with Crippen LogP contribution in [0.5, 0.6) is 0 Å². The topological polar surface area (TPSA) is 66.9 Å². The van der Waals surface area contributed by atoms with Gasteiger partial charge < -0.3 is 10.6 Å². The second-order valence-electron chi connectivity index (χ2n) is 6.15. The Morgan fingerprint density at radius 1 is 0.962 bits per heavy atom. The first-order valence-corrected chi connectivity index (χ1v) is 8.54. The first kappa shape index (κ1) is 17.9. The minimum atomic E-state index is -0.295. The fourth-order valence-electron chi connectivity index (χ4n) is 2.39. The Hall–Kier alpha value is -2.92. The highest BCUT2D eigenvalue weighted by molar-refractivity contribution is 6.31. The number of hydrogen-bond donors (Lipinski definition) is 2. The molecule has 5 nitrogen and oxygen atoms in total. The van der Waals surface area contributed by atoms with Gasteiger partial charge in [-0.25, -0.2) is 9.97 Å². The van der Waals surface area contributed by atoms with E-state index in [4.69, 9.17) is 11.6 Å². The van der Waals surface area contributed by atoms with Gasteiger partial charge in [0.2, 0.25) is 0 Å². The Bertz CT molecular complexity index is 955. The molecule has 0 aliphatic carbocycles. The van der Waals surface area contributed by atoms with Crippen molar-refractivity contribution in [2.45, 2.75) is 20.8 Å². The van der Waals surface area contributed by atoms with E-state index in [2.05, 4.69) is 20.6 Å². The first-order chi connectivity index (χ1) is 12.4. The molecular formula is C20H19ClN4O. The van der Waals surface area contributed by atoms with Gasteiger partial charge in [0.15, 0.2) is 0 Å². The average Bonchev–Trinajstić information content (AvgIpc) is 2.62. The van der Waals surface area contributed by atoms with E-state index in [-0.39, 0.29) is 11.6 Å². The van der Waals surface area contributed by atoms with Crippen molar-refractivity contribution in [3.63, 3.8) is 0 Å². The van der Waals surface area contributed by atoms with E-state index in [1.807, 2.05) is 57.2 Å². The van der Waals surface area contributed by atoms with Crippen LogP contribution in [-0.4, -0.2) is 15.9 Å². The summed E-state index contributed by atoms with van der Waals surface area (Å²) in [5.74, 6) is 0.240. The van der Waals surface area contributed by atoms with Gasteiger partial charge in [-0.3, -0.25) is 4.79 Å². The second kappa shape index (κ2) is 7.54. The molecule has 3 rings (SSSR count). The number of anilines is 3. The molecular weight excluding hydrogens is 348 g/mol. The van der Waals surface area contributed by atoms with Crippen molar-refractivity contribution < 1.29 is 4.79 Å². The van der Waals surface area contributed by atoms with E-state index >= 15 is 0 Å². The number of halogens is 1. The molecule has 0 aliphatic heterocycles. The van der Waals surface area contributed by atoms with E-state index in [0.29, 0.717) is 10.8 Å². The van der Waals surface area contributed by atoms with Crippen molar-refractivity contribution in [3.8, 4) is 0 Å². The number of amides is 1. The van der Waals surface area contributed by atoms with Crippen LogP contribution in [0.1, 0.15) is 27.2 Å². The normalized spacial score (nSPS) is 10.5. The van der Waals surface area contributed by atoms with Crippen LogP contribution < -0.4 is 10.6 Å². The summed E-state index contributed by atoms with van der Waals surface area (Å²) >= 11 is 6.12. The standard InChI is InChI=1S/C20H19ClN4O/c1-12-4-5-14(3)17(8-12)25-20(26)18-10-23-19(11-22-18)24-15-7-6-13(2)16(21)9-15/h4-11H,1-3H3,(H,23,24)(H,25,26). The molecule has 0 bridgehead atoms. The Morgan fingerprint density at radius 2 is 1.73 bits per heavy atom. The lowest BCUT2D eigenvalue weighted by Gasteiger charge is -2.10. The van der Waals surface area contributed by atoms with Crippen LogP contribution in [0, 0.1) is 20.8 Å². The van der Waals surface area contributed by atoms with E-state index in [9.17, 15) is 4.79 Å². The summed E-state index contributed by atoms with van der Waals surface area (Å²) < 4.78 is 0. The Balaban J connectivity index is 1.71. The molecule has 0 saturated heterocycles. The molecule has 1 amide bonds. The Morgan fingerprint density at radius 3 is 2.42 bits per heavy atom. The molecule has 1 heterocycles. The Kier molecular flexibility index (Phi) is 5.19. The molecule has 0 spiro atoms. The number of rotatable bonds is 4. The minimum absolute atomic E-state index is 0.249. The fraction of sp³-hybridized carbons (Fsp3) is 0.150. The number of carbonyl (C=O) groups excluding carboxylic acids is 1. The third kappa shape index (κ3) is 4.18. The molecule has 0 fully saturated rings. The summed E-state index contributed by atoms with van der Waals surface area (Å²) in [4.78, 5) is 20.8. The van der Waals surface area contributed by atoms with Crippen LogP contribution in [0.15, 0.2) is 48.8 Å². The van der Waals surface area contributed by atoms with E-state index < -0.39 is 0 Å². The molecule has 0 unspecified atom stereocenters. The summed E-state index contributed by atoms with van der Waals surface area (Å²) in [6, 6.07) is 11.5. The maximum Gasteiger partial charge on any atom is 0.275 e. The van der Waals surface area contributed by atoms with E-state index in [1.165, 1.54) is 12.4 Å². The number of aromatic nitrogens is 2. The highest BCUT2D eigenvalue weighted by Gasteiger charge is 2.10. The highest BCUT2D eigenvalue weighted by Crippen LogP contribution is 2.22. The molecule has 0 atom stereocenters. The monoisotopic (exact) mass is 366 g/mol. The smallest absolute Gasteiger partial charge is 0.275 e. The van der Waals surface area contributed by atoms with Crippen molar-refractivity contribution >= 4 is 34.7 Å². The molecule has 6 heteroatoms. The zero-order valence-corrected chi connectivity index (χ0v) is 15.6. The van der Waals surface area contributed by atoms with E-state index in [0.717, 1.165) is 28.1 Å². The second-order valence-corrected chi connectivity index (χ2v) is 6.56. The molecule has 26 heavy (non-hydrogen) atoms. The first-order valence-electron chi connectivity index (χ1n) is 8.16. The van der Waals surface area contributed by atoms with Gasteiger partial charge in [0.1, 0.15) is 11.5 Å². The van der Waals surface area contributed by atoms with Gasteiger partial charge in [-0.05, 0) is 55.7 Å². The average molecular weight is 367 g/mol.